The molecule has 0 aliphatic rings. The van der Waals surface area contributed by atoms with Gasteiger partial charge in [-0.2, -0.15) is 0 Å². The van der Waals surface area contributed by atoms with E-state index in [0.717, 1.165) is 51.4 Å². The second-order valence-corrected chi connectivity index (χ2v) is 16.8. The van der Waals surface area contributed by atoms with Crippen molar-refractivity contribution in [3.8, 4) is 0 Å². The largest absolute Gasteiger partial charge is 0.394 e. The Bertz CT molecular complexity index is 889. The van der Waals surface area contributed by atoms with Crippen LogP contribution in [0, 0.1) is 0 Å². The van der Waals surface area contributed by atoms with E-state index < -0.39 is 36.9 Å². The van der Waals surface area contributed by atoms with Gasteiger partial charge in [0.1, 0.15) is 12.2 Å². The first-order chi connectivity index (χ1) is 27.5. The number of carbonyl (C=O) groups is 1. The summed E-state index contributed by atoms with van der Waals surface area (Å²) in [6.07, 6.45) is 53.7. The summed E-state index contributed by atoms with van der Waals surface area (Å²) in [4.78, 5) is 12.4. The van der Waals surface area contributed by atoms with E-state index in [1.807, 2.05) is 0 Å². The zero-order valence-electron chi connectivity index (χ0n) is 37.1. The third kappa shape index (κ3) is 38.1. The zero-order valence-corrected chi connectivity index (χ0v) is 37.1. The van der Waals surface area contributed by atoms with Gasteiger partial charge in [-0.25, -0.2) is 0 Å². The molecule has 0 bridgehead atoms. The second kappa shape index (κ2) is 44.6. The molecular formula is C50H95NO5. The molecule has 0 fully saturated rings. The van der Waals surface area contributed by atoms with Crippen LogP contribution in [0.3, 0.4) is 0 Å². The quantitative estimate of drug-likeness (QED) is 0.0312. The van der Waals surface area contributed by atoms with Crippen LogP contribution >= 0.6 is 0 Å². The normalized spacial score (nSPS) is 14.3. The zero-order chi connectivity index (χ0) is 41.0. The number of carbonyl (C=O) groups excluding carboxylic acids is 1. The van der Waals surface area contributed by atoms with Crippen LogP contribution in [0.15, 0.2) is 36.5 Å². The van der Waals surface area contributed by atoms with E-state index in [1.165, 1.54) is 161 Å². The summed E-state index contributed by atoms with van der Waals surface area (Å²) in [7, 11) is 0. The minimum Gasteiger partial charge on any atom is -0.394 e. The summed E-state index contributed by atoms with van der Waals surface area (Å²) >= 11 is 0. The van der Waals surface area contributed by atoms with Gasteiger partial charge in [0.2, 0.25) is 5.91 Å². The Balaban J connectivity index is 3.67. The van der Waals surface area contributed by atoms with Crippen LogP contribution in [0.4, 0.5) is 0 Å². The molecule has 56 heavy (non-hydrogen) atoms. The number of aliphatic hydroxyl groups is 4. The Kier molecular flexibility index (Phi) is 43.5. The Hall–Kier alpha value is -1.47. The monoisotopic (exact) mass is 790 g/mol. The van der Waals surface area contributed by atoms with Gasteiger partial charge < -0.3 is 25.7 Å². The van der Waals surface area contributed by atoms with Crippen molar-refractivity contribution in [3.05, 3.63) is 36.5 Å². The maximum absolute atomic E-state index is 12.4. The van der Waals surface area contributed by atoms with Crippen molar-refractivity contribution >= 4 is 5.91 Å². The summed E-state index contributed by atoms with van der Waals surface area (Å²) in [5, 5.41) is 43.5. The SMILES string of the molecule is CCCCCCCCCCCCCCCCCCCC/C=C/CC/C=C/CC/C=C/CCCC(O)C(O)C(CO)NC(=O)C(O)CCCCCCCCCCC. The van der Waals surface area contributed by atoms with Crippen molar-refractivity contribution in [1.82, 2.24) is 5.32 Å². The number of aliphatic hydroxyl groups excluding tert-OH is 4. The molecule has 6 heteroatoms. The number of amides is 1. The first-order valence-corrected chi connectivity index (χ1v) is 24.4. The van der Waals surface area contributed by atoms with E-state index in [4.69, 9.17) is 0 Å². The maximum atomic E-state index is 12.4. The maximum Gasteiger partial charge on any atom is 0.249 e. The Labute approximate surface area is 347 Å². The van der Waals surface area contributed by atoms with Gasteiger partial charge in [0, 0.05) is 0 Å². The molecule has 1 amide bonds. The molecule has 0 radical (unpaired) electrons. The molecule has 4 unspecified atom stereocenters. The number of rotatable bonds is 44. The highest BCUT2D eigenvalue weighted by Crippen LogP contribution is 2.16. The van der Waals surface area contributed by atoms with Gasteiger partial charge in [-0.05, 0) is 64.2 Å². The lowest BCUT2D eigenvalue weighted by Crippen LogP contribution is -2.53. The third-order valence-corrected chi connectivity index (χ3v) is 11.3. The predicted molar refractivity (Wildman–Crippen MR) is 242 cm³/mol. The predicted octanol–water partition coefficient (Wildman–Crippen LogP) is 13.3. The minimum absolute atomic E-state index is 0.359. The van der Waals surface area contributed by atoms with E-state index in [0.29, 0.717) is 19.3 Å². The molecule has 5 N–H and O–H groups in total. The minimum atomic E-state index is -1.29. The smallest absolute Gasteiger partial charge is 0.249 e. The lowest BCUT2D eigenvalue weighted by Gasteiger charge is -2.27. The number of allylic oxidation sites excluding steroid dienone is 6. The van der Waals surface area contributed by atoms with Gasteiger partial charge in [0.15, 0.2) is 0 Å². The van der Waals surface area contributed by atoms with Crippen molar-refractivity contribution in [2.45, 2.75) is 269 Å². The van der Waals surface area contributed by atoms with Crippen LogP contribution in [0.5, 0.6) is 0 Å². The summed E-state index contributed by atoms with van der Waals surface area (Å²) in [5.41, 5.74) is 0. The molecule has 4 atom stereocenters. The molecule has 0 aromatic rings. The van der Waals surface area contributed by atoms with Crippen LogP contribution in [-0.4, -0.2) is 57.3 Å². The van der Waals surface area contributed by atoms with Crippen LogP contribution in [-0.2, 0) is 4.79 Å². The Morgan fingerprint density at radius 2 is 0.750 bits per heavy atom. The fourth-order valence-electron chi connectivity index (χ4n) is 7.44. The van der Waals surface area contributed by atoms with Crippen LogP contribution in [0.1, 0.15) is 245 Å². The van der Waals surface area contributed by atoms with E-state index in [1.54, 1.807) is 0 Å². The highest BCUT2D eigenvalue weighted by atomic mass is 16.3. The van der Waals surface area contributed by atoms with Gasteiger partial charge in [0.25, 0.3) is 0 Å². The first-order valence-electron chi connectivity index (χ1n) is 24.4. The lowest BCUT2D eigenvalue weighted by atomic mass is 10.00. The van der Waals surface area contributed by atoms with Gasteiger partial charge in [-0.1, -0.05) is 217 Å². The molecule has 6 nitrogen and oxygen atoms in total. The van der Waals surface area contributed by atoms with E-state index in [-0.39, 0.29) is 0 Å². The Morgan fingerprint density at radius 3 is 1.12 bits per heavy atom. The van der Waals surface area contributed by atoms with Gasteiger partial charge in [0.05, 0.1) is 18.8 Å². The van der Waals surface area contributed by atoms with Crippen molar-refractivity contribution in [2.24, 2.45) is 0 Å². The molecule has 330 valence electrons. The van der Waals surface area contributed by atoms with Crippen molar-refractivity contribution in [3.63, 3.8) is 0 Å². The molecule has 0 saturated heterocycles. The van der Waals surface area contributed by atoms with Gasteiger partial charge in [-0.3, -0.25) is 4.79 Å². The Morgan fingerprint density at radius 1 is 0.429 bits per heavy atom. The number of unbranched alkanes of at least 4 members (excludes halogenated alkanes) is 29. The standard InChI is InChI=1S/C50H95NO5/c1-3-5-7-9-11-13-14-15-16-17-18-19-20-21-22-23-24-25-26-27-28-29-30-31-32-33-34-36-37-39-41-43-47(53)49(55)46(45-52)51-50(56)48(54)44-42-40-38-35-12-10-8-6-4-2/h27-28,31-32,36-37,46-49,52-55H,3-26,29-30,33-35,38-45H2,1-2H3,(H,51,56)/b28-27+,32-31+,37-36+. The van der Waals surface area contributed by atoms with Crippen LogP contribution < -0.4 is 5.32 Å². The molecule has 0 rings (SSSR count). The van der Waals surface area contributed by atoms with Crippen molar-refractivity contribution in [1.29, 1.82) is 0 Å². The van der Waals surface area contributed by atoms with Crippen molar-refractivity contribution < 1.29 is 25.2 Å². The number of nitrogens with one attached hydrogen (secondary N) is 1. The van der Waals surface area contributed by atoms with E-state index in [2.05, 4.69) is 55.6 Å². The molecule has 0 aromatic heterocycles. The topological polar surface area (TPSA) is 110 Å². The van der Waals surface area contributed by atoms with Gasteiger partial charge in [-0.15, -0.1) is 0 Å². The fourth-order valence-corrected chi connectivity index (χ4v) is 7.44. The molecular weight excluding hydrogens is 695 g/mol. The second-order valence-electron chi connectivity index (χ2n) is 16.8. The summed E-state index contributed by atoms with van der Waals surface area (Å²) in [6, 6.07) is -1.01. The van der Waals surface area contributed by atoms with E-state index in [9.17, 15) is 25.2 Å². The molecule has 0 saturated carbocycles. The van der Waals surface area contributed by atoms with Crippen LogP contribution in [0.25, 0.3) is 0 Å². The molecule has 0 spiro atoms. The molecule has 0 aromatic carbocycles. The average Bonchev–Trinajstić information content (AvgIpc) is 3.20. The highest BCUT2D eigenvalue weighted by Gasteiger charge is 2.28. The van der Waals surface area contributed by atoms with Crippen molar-refractivity contribution in [2.75, 3.05) is 6.61 Å². The molecule has 0 aliphatic heterocycles. The molecule has 0 heterocycles. The first kappa shape index (κ1) is 54.5. The third-order valence-electron chi connectivity index (χ3n) is 11.3. The summed E-state index contributed by atoms with van der Waals surface area (Å²) < 4.78 is 0. The average molecular weight is 790 g/mol. The lowest BCUT2D eigenvalue weighted by molar-refractivity contribution is -0.132. The van der Waals surface area contributed by atoms with Gasteiger partial charge >= 0.3 is 0 Å². The van der Waals surface area contributed by atoms with Crippen LogP contribution in [0.2, 0.25) is 0 Å². The fraction of sp³-hybridized carbons (Fsp3) is 0.860. The number of hydrogen-bond acceptors (Lipinski definition) is 5. The summed E-state index contributed by atoms with van der Waals surface area (Å²) in [6.45, 7) is 4.01. The summed E-state index contributed by atoms with van der Waals surface area (Å²) in [5.74, 6) is -0.602. The molecule has 0 aliphatic carbocycles. The highest BCUT2D eigenvalue weighted by molar-refractivity contribution is 5.80. The number of hydrogen-bond donors (Lipinski definition) is 5. The van der Waals surface area contributed by atoms with E-state index >= 15 is 0 Å².